The Bertz CT molecular complexity index is 2680. The largest absolute Gasteiger partial charge is 0.456 e. The van der Waals surface area contributed by atoms with E-state index in [0.717, 1.165) is 40.0 Å². The van der Waals surface area contributed by atoms with Gasteiger partial charge in [-0.25, -0.2) is 0 Å². The van der Waals surface area contributed by atoms with Crippen molar-refractivity contribution in [1.29, 1.82) is 0 Å². The summed E-state index contributed by atoms with van der Waals surface area (Å²) in [4.78, 5) is 2.41. The van der Waals surface area contributed by atoms with Gasteiger partial charge in [-0.3, -0.25) is 0 Å². The zero-order valence-corrected chi connectivity index (χ0v) is 27.7. The summed E-state index contributed by atoms with van der Waals surface area (Å²) in [5.41, 5.74) is 11.9. The highest BCUT2D eigenvalue weighted by Crippen LogP contribution is 2.54. The number of anilines is 3. The average Bonchev–Trinajstić information content (AvgIpc) is 3.63. The summed E-state index contributed by atoms with van der Waals surface area (Å²) < 4.78 is 6.59. The van der Waals surface area contributed by atoms with Gasteiger partial charge < -0.3 is 9.32 Å². The first-order valence-corrected chi connectivity index (χ1v) is 17.3. The molecule has 2 aliphatic rings. The Hall–Kier alpha value is -5.86. The van der Waals surface area contributed by atoms with Gasteiger partial charge in [0.05, 0.1) is 0 Å². The summed E-state index contributed by atoms with van der Waals surface area (Å²) in [7, 11) is 0. The second kappa shape index (κ2) is 10.6. The van der Waals surface area contributed by atoms with E-state index in [0.29, 0.717) is 5.92 Å². The molecule has 0 saturated heterocycles. The Morgan fingerprint density at radius 1 is 0.592 bits per heavy atom. The van der Waals surface area contributed by atoms with E-state index in [4.69, 9.17) is 4.42 Å². The summed E-state index contributed by atoms with van der Waals surface area (Å²) in [5, 5.41) is 7.26. The molecule has 0 spiro atoms. The predicted octanol–water partition coefficient (Wildman–Crippen LogP) is 13.3. The molecule has 7 aromatic carbocycles. The maximum absolute atomic E-state index is 6.59. The number of benzene rings is 7. The molecule has 0 amide bonds. The summed E-state index contributed by atoms with van der Waals surface area (Å²) in [6, 6.07) is 50.9. The third kappa shape index (κ3) is 4.27. The van der Waals surface area contributed by atoms with Gasteiger partial charge in [0.15, 0.2) is 0 Å². The van der Waals surface area contributed by atoms with Gasteiger partial charge in [-0.05, 0) is 110 Å². The molecule has 0 N–H and O–H groups in total. The lowest BCUT2D eigenvalue weighted by Crippen LogP contribution is -2.24. The molecular formula is C47H35NO. The molecule has 10 rings (SSSR count). The van der Waals surface area contributed by atoms with Crippen molar-refractivity contribution in [2.45, 2.75) is 25.7 Å². The fourth-order valence-corrected chi connectivity index (χ4v) is 8.65. The Labute approximate surface area is 286 Å². The number of rotatable bonds is 4. The molecule has 49 heavy (non-hydrogen) atoms. The molecule has 1 heterocycles. The normalized spacial score (nSPS) is 16.3. The van der Waals surface area contributed by atoms with E-state index in [1.165, 1.54) is 54.8 Å². The van der Waals surface area contributed by atoms with Crippen molar-refractivity contribution in [1.82, 2.24) is 0 Å². The molecule has 1 unspecified atom stereocenters. The summed E-state index contributed by atoms with van der Waals surface area (Å²) >= 11 is 0. The van der Waals surface area contributed by atoms with Crippen LogP contribution in [-0.2, 0) is 5.41 Å². The van der Waals surface area contributed by atoms with Crippen LogP contribution >= 0.6 is 0 Å². The minimum atomic E-state index is 0.0299. The van der Waals surface area contributed by atoms with E-state index >= 15 is 0 Å². The van der Waals surface area contributed by atoms with E-state index < -0.39 is 0 Å². The molecular weight excluding hydrogens is 595 g/mol. The summed E-state index contributed by atoms with van der Waals surface area (Å²) in [5.74, 6) is 0.493. The lowest BCUT2D eigenvalue weighted by atomic mass is 9.75. The van der Waals surface area contributed by atoms with Crippen LogP contribution in [0, 0.1) is 5.92 Å². The Balaban J connectivity index is 1.18. The molecule has 0 radical (unpaired) electrons. The third-order valence-corrected chi connectivity index (χ3v) is 11.1. The molecule has 0 aliphatic heterocycles. The molecule has 1 atom stereocenters. The van der Waals surface area contributed by atoms with Crippen LogP contribution in [0.4, 0.5) is 17.1 Å². The zero-order valence-electron chi connectivity index (χ0n) is 27.7. The molecule has 2 aliphatic carbocycles. The minimum absolute atomic E-state index is 0.0299. The van der Waals surface area contributed by atoms with E-state index in [9.17, 15) is 0 Å². The Morgan fingerprint density at radius 2 is 1.33 bits per heavy atom. The van der Waals surface area contributed by atoms with Gasteiger partial charge in [0, 0.05) is 33.9 Å². The van der Waals surface area contributed by atoms with E-state index in [2.05, 4.69) is 177 Å². The molecule has 1 aromatic heterocycles. The number of allylic oxidation sites excluding steroid dienone is 4. The van der Waals surface area contributed by atoms with Gasteiger partial charge in [-0.1, -0.05) is 123 Å². The van der Waals surface area contributed by atoms with E-state index in [-0.39, 0.29) is 5.41 Å². The van der Waals surface area contributed by atoms with Crippen molar-refractivity contribution in [3.05, 3.63) is 169 Å². The Morgan fingerprint density at radius 3 is 2.22 bits per heavy atom. The van der Waals surface area contributed by atoms with Crippen LogP contribution in [0.25, 0.3) is 60.2 Å². The number of hydrogen-bond donors (Lipinski definition) is 0. The van der Waals surface area contributed by atoms with Crippen molar-refractivity contribution in [2.24, 2.45) is 5.92 Å². The first-order valence-electron chi connectivity index (χ1n) is 17.3. The highest BCUT2D eigenvalue weighted by molar-refractivity contribution is 6.19. The number of furan rings is 1. The molecule has 8 aromatic rings. The SMILES string of the molecule is CC1(C)c2cc(N(c3cccc(-c4cccc5ccccc45)c3)c3ccc4c(c3)oc3ccc5ccccc5c34)ccc2C2=CC=CCC21. The molecule has 0 fully saturated rings. The number of hydrogen-bond acceptors (Lipinski definition) is 2. The van der Waals surface area contributed by atoms with Crippen molar-refractivity contribution >= 4 is 66.1 Å². The molecule has 0 saturated carbocycles. The topological polar surface area (TPSA) is 16.4 Å². The molecule has 0 bridgehead atoms. The van der Waals surface area contributed by atoms with Crippen LogP contribution in [0.1, 0.15) is 31.4 Å². The summed E-state index contributed by atoms with van der Waals surface area (Å²) in [6.07, 6.45) is 7.95. The molecule has 2 nitrogen and oxygen atoms in total. The van der Waals surface area contributed by atoms with Crippen LogP contribution in [0.15, 0.2) is 162 Å². The monoisotopic (exact) mass is 629 g/mol. The van der Waals surface area contributed by atoms with Gasteiger partial charge in [0.2, 0.25) is 0 Å². The lowest BCUT2D eigenvalue weighted by Gasteiger charge is -2.30. The quantitative estimate of drug-likeness (QED) is 0.193. The van der Waals surface area contributed by atoms with Crippen molar-refractivity contribution in [3.63, 3.8) is 0 Å². The van der Waals surface area contributed by atoms with Crippen molar-refractivity contribution < 1.29 is 4.42 Å². The molecule has 234 valence electrons. The predicted molar refractivity (Wildman–Crippen MR) is 207 cm³/mol. The highest BCUT2D eigenvalue weighted by atomic mass is 16.3. The molecule has 2 heteroatoms. The first-order chi connectivity index (χ1) is 24.0. The van der Waals surface area contributed by atoms with Crippen molar-refractivity contribution in [3.8, 4) is 11.1 Å². The maximum Gasteiger partial charge on any atom is 0.137 e. The third-order valence-electron chi connectivity index (χ3n) is 11.1. The van der Waals surface area contributed by atoms with Crippen LogP contribution in [0.2, 0.25) is 0 Å². The fraction of sp³-hybridized carbons (Fsp3) is 0.106. The van der Waals surface area contributed by atoms with Crippen LogP contribution in [0.3, 0.4) is 0 Å². The van der Waals surface area contributed by atoms with Crippen LogP contribution < -0.4 is 4.90 Å². The smallest absolute Gasteiger partial charge is 0.137 e. The van der Waals surface area contributed by atoms with E-state index in [1.54, 1.807) is 0 Å². The Kier molecular flexibility index (Phi) is 6.08. The zero-order chi connectivity index (χ0) is 32.7. The van der Waals surface area contributed by atoms with Gasteiger partial charge in [-0.15, -0.1) is 0 Å². The second-order valence-corrected chi connectivity index (χ2v) is 14.1. The maximum atomic E-state index is 6.59. The van der Waals surface area contributed by atoms with Crippen LogP contribution in [-0.4, -0.2) is 0 Å². The second-order valence-electron chi connectivity index (χ2n) is 14.1. The fourth-order valence-electron chi connectivity index (χ4n) is 8.65. The van der Waals surface area contributed by atoms with E-state index in [1.807, 2.05) is 0 Å². The average molecular weight is 630 g/mol. The minimum Gasteiger partial charge on any atom is -0.456 e. The number of fused-ring (bicyclic) bond motifs is 9. The van der Waals surface area contributed by atoms with Gasteiger partial charge >= 0.3 is 0 Å². The standard InChI is InChI=1S/C47H35NO/c1-47(2)42-20-8-7-18-39(42)40-24-22-34(28-43(40)47)48(33-15-9-14-32(27-33)37-19-10-13-30-11-3-5-16-36(30)37)35-23-25-41-45(29-35)49-44-26-21-31-12-4-6-17-38(31)46(41)44/h3-19,21-29,42H,20H2,1-2H3. The van der Waals surface area contributed by atoms with Gasteiger partial charge in [0.25, 0.3) is 0 Å². The van der Waals surface area contributed by atoms with Gasteiger partial charge in [0.1, 0.15) is 11.2 Å². The lowest BCUT2D eigenvalue weighted by molar-refractivity contribution is 0.415. The van der Waals surface area contributed by atoms with Gasteiger partial charge in [-0.2, -0.15) is 0 Å². The summed E-state index contributed by atoms with van der Waals surface area (Å²) in [6.45, 7) is 4.83. The van der Waals surface area contributed by atoms with Crippen molar-refractivity contribution in [2.75, 3.05) is 4.90 Å². The number of nitrogens with zero attached hydrogens (tertiary/aromatic N) is 1. The van der Waals surface area contributed by atoms with Crippen LogP contribution in [0.5, 0.6) is 0 Å². The highest BCUT2D eigenvalue weighted by Gasteiger charge is 2.43. The first kappa shape index (κ1) is 28.2.